The number of aromatic nitrogens is 2. The molecule has 0 bridgehead atoms. The number of hydrogen-bond acceptors (Lipinski definition) is 2. The molecule has 0 N–H and O–H groups in total. The first-order valence-corrected chi connectivity index (χ1v) is 11.2. The Morgan fingerprint density at radius 2 is 1.78 bits per heavy atom. The Bertz CT molecular complexity index is 867. The molecule has 1 aromatic carbocycles. The summed E-state index contributed by atoms with van der Waals surface area (Å²) < 4.78 is 7.95. The predicted octanol–water partition coefficient (Wildman–Crippen LogP) is 4.14. The van der Waals surface area contributed by atoms with Crippen molar-refractivity contribution in [1.29, 1.82) is 0 Å². The molecule has 0 atom stereocenters. The van der Waals surface area contributed by atoms with Crippen LogP contribution in [0.1, 0.15) is 11.3 Å². The molecule has 116 valence electrons. The first-order valence-electron chi connectivity index (χ1n) is 7.70. The third-order valence-electron chi connectivity index (χ3n) is 3.27. The van der Waals surface area contributed by atoms with Gasteiger partial charge in [-0.1, -0.05) is 56.0 Å². The van der Waals surface area contributed by atoms with E-state index < -0.39 is 8.07 Å². The van der Waals surface area contributed by atoms with Crippen molar-refractivity contribution in [3.63, 3.8) is 0 Å². The zero-order chi connectivity index (χ0) is 16.3. The number of benzene rings is 1. The lowest BCUT2D eigenvalue weighted by molar-refractivity contribution is 0.295. The Hall–Kier alpha value is -2.51. The fraction of sp³-hybridized carbons (Fsp3) is 0.211. The van der Waals surface area contributed by atoms with E-state index >= 15 is 0 Å². The van der Waals surface area contributed by atoms with Gasteiger partial charge in [0.15, 0.2) is 5.69 Å². The molecule has 23 heavy (non-hydrogen) atoms. The highest BCUT2D eigenvalue weighted by molar-refractivity contribution is 6.83. The van der Waals surface area contributed by atoms with Crippen molar-refractivity contribution in [2.45, 2.75) is 26.2 Å². The van der Waals surface area contributed by atoms with E-state index in [2.05, 4.69) is 36.1 Å². The zero-order valence-corrected chi connectivity index (χ0v) is 14.7. The molecule has 0 saturated heterocycles. The minimum Gasteiger partial charge on any atom is -0.471 e. The maximum absolute atomic E-state index is 5.95. The molecule has 0 spiro atoms. The van der Waals surface area contributed by atoms with Crippen LogP contribution in [0, 0.1) is 11.5 Å². The van der Waals surface area contributed by atoms with Crippen LogP contribution in [-0.2, 0) is 6.61 Å². The van der Waals surface area contributed by atoms with Crippen molar-refractivity contribution in [3.8, 4) is 17.3 Å². The summed E-state index contributed by atoms with van der Waals surface area (Å²) in [6.45, 7) is 7.18. The lowest BCUT2D eigenvalue weighted by Gasteiger charge is -2.05. The number of fused-ring (bicyclic) bond motifs is 1. The SMILES string of the molecule is C[Si](C)(C)C#Cc1c(OCc2ccccc2)nc2ccccn12. The van der Waals surface area contributed by atoms with Crippen molar-refractivity contribution < 1.29 is 4.74 Å². The third-order valence-corrected chi connectivity index (χ3v) is 4.15. The van der Waals surface area contributed by atoms with E-state index in [0.29, 0.717) is 12.5 Å². The van der Waals surface area contributed by atoms with Crippen LogP contribution in [0.5, 0.6) is 5.88 Å². The second-order valence-corrected chi connectivity index (χ2v) is 11.2. The molecule has 3 rings (SSSR count). The van der Waals surface area contributed by atoms with E-state index in [1.807, 2.05) is 59.1 Å². The van der Waals surface area contributed by atoms with Gasteiger partial charge in [-0.15, -0.1) is 5.54 Å². The largest absolute Gasteiger partial charge is 0.471 e. The van der Waals surface area contributed by atoms with Gasteiger partial charge in [-0.3, -0.25) is 4.40 Å². The van der Waals surface area contributed by atoms with Gasteiger partial charge < -0.3 is 4.74 Å². The van der Waals surface area contributed by atoms with Crippen LogP contribution in [-0.4, -0.2) is 17.5 Å². The summed E-state index contributed by atoms with van der Waals surface area (Å²) in [4.78, 5) is 4.58. The molecule has 0 amide bonds. The predicted molar refractivity (Wildman–Crippen MR) is 96.2 cm³/mol. The number of pyridine rings is 1. The summed E-state index contributed by atoms with van der Waals surface area (Å²) in [5.41, 5.74) is 6.21. The zero-order valence-electron chi connectivity index (χ0n) is 13.7. The molecule has 2 heterocycles. The average molecular weight is 320 g/mol. The van der Waals surface area contributed by atoms with Crippen molar-refractivity contribution in [2.24, 2.45) is 0 Å². The highest BCUT2D eigenvalue weighted by Gasteiger charge is 2.13. The fourth-order valence-corrected chi connectivity index (χ4v) is 2.65. The highest BCUT2D eigenvalue weighted by Crippen LogP contribution is 2.20. The molecule has 0 fully saturated rings. The number of imidazole rings is 1. The lowest BCUT2D eigenvalue weighted by Crippen LogP contribution is -2.16. The van der Waals surface area contributed by atoms with Crippen LogP contribution >= 0.6 is 0 Å². The van der Waals surface area contributed by atoms with Gasteiger partial charge in [0.1, 0.15) is 20.3 Å². The van der Waals surface area contributed by atoms with Gasteiger partial charge in [0.05, 0.1) is 0 Å². The topological polar surface area (TPSA) is 26.5 Å². The van der Waals surface area contributed by atoms with Gasteiger partial charge in [-0.25, -0.2) is 0 Å². The molecular weight excluding hydrogens is 300 g/mol. The molecule has 0 unspecified atom stereocenters. The minimum atomic E-state index is -1.47. The quantitative estimate of drug-likeness (QED) is 0.535. The average Bonchev–Trinajstić information content (AvgIpc) is 2.89. The van der Waals surface area contributed by atoms with Crippen molar-refractivity contribution in [2.75, 3.05) is 0 Å². The summed E-state index contributed by atoms with van der Waals surface area (Å²) >= 11 is 0. The Labute approximate surface area is 138 Å². The van der Waals surface area contributed by atoms with Gasteiger partial charge >= 0.3 is 0 Å². The first kappa shape index (κ1) is 15.4. The van der Waals surface area contributed by atoms with E-state index in [1.54, 1.807) is 0 Å². The maximum Gasteiger partial charge on any atom is 0.249 e. The van der Waals surface area contributed by atoms with E-state index in [9.17, 15) is 0 Å². The Balaban J connectivity index is 1.96. The standard InChI is InChI=1S/C19H20N2OSi/c1-23(2,3)14-12-17-19(20-18-11-7-8-13-21(17)18)22-15-16-9-5-4-6-10-16/h4-11,13H,15H2,1-3H3. The van der Waals surface area contributed by atoms with Crippen molar-refractivity contribution >= 4 is 13.7 Å². The van der Waals surface area contributed by atoms with Gasteiger partial charge in [-0.05, 0) is 23.6 Å². The van der Waals surface area contributed by atoms with Gasteiger partial charge in [0.2, 0.25) is 5.88 Å². The number of nitrogens with zero attached hydrogens (tertiary/aromatic N) is 2. The summed E-state index contributed by atoms with van der Waals surface area (Å²) in [5, 5.41) is 0. The molecule has 2 aromatic heterocycles. The third kappa shape index (κ3) is 3.82. The normalized spacial score (nSPS) is 11.1. The minimum absolute atomic E-state index is 0.492. The van der Waals surface area contributed by atoms with E-state index in [0.717, 1.165) is 16.9 Å². The van der Waals surface area contributed by atoms with Gasteiger partial charge in [-0.2, -0.15) is 4.98 Å². The van der Waals surface area contributed by atoms with E-state index in [1.165, 1.54) is 0 Å². The molecule has 0 aliphatic heterocycles. The Morgan fingerprint density at radius 1 is 1.04 bits per heavy atom. The van der Waals surface area contributed by atoms with Crippen LogP contribution in [0.15, 0.2) is 54.7 Å². The second-order valence-electron chi connectivity index (χ2n) is 6.47. The van der Waals surface area contributed by atoms with Crippen LogP contribution in [0.3, 0.4) is 0 Å². The summed E-state index contributed by atoms with van der Waals surface area (Å²) in [6.07, 6.45) is 1.98. The Morgan fingerprint density at radius 3 is 2.52 bits per heavy atom. The van der Waals surface area contributed by atoms with E-state index in [-0.39, 0.29) is 0 Å². The summed E-state index contributed by atoms with van der Waals surface area (Å²) in [5.74, 6) is 3.90. The van der Waals surface area contributed by atoms with Gasteiger partial charge in [0.25, 0.3) is 0 Å². The molecular formula is C19H20N2OSi. The molecule has 0 aliphatic carbocycles. The van der Waals surface area contributed by atoms with Crippen molar-refractivity contribution in [3.05, 3.63) is 66.0 Å². The molecule has 0 aliphatic rings. The fourth-order valence-electron chi connectivity index (χ4n) is 2.16. The molecule has 3 nitrogen and oxygen atoms in total. The first-order chi connectivity index (χ1) is 11.0. The van der Waals surface area contributed by atoms with Crippen LogP contribution in [0.25, 0.3) is 5.65 Å². The Kier molecular flexibility index (Phi) is 4.22. The second kappa shape index (κ2) is 6.31. The molecule has 4 heteroatoms. The monoisotopic (exact) mass is 320 g/mol. The van der Waals surface area contributed by atoms with Crippen LogP contribution in [0.4, 0.5) is 0 Å². The molecule has 3 aromatic rings. The summed E-state index contributed by atoms with van der Waals surface area (Å²) in [6, 6.07) is 16.0. The molecule has 0 saturated carbocycles. The maximum atomic E-state index is 5.95. The van der Waals surface area contributed by atoms with E-state index in [4.69, 9.17) is 4.74 Å². The van der Waals surface area contributed by atoms with Crippen molar-refractivity contribution in [1.82, 2.24) is 9.38 Å². The van der Waals surface area contributed by atoms with Crippen LogP contribution < -0.4 is 4.74 Å². The number of ether oxygens (including phenoxy) is 1. The number of hydrogen-bond donors (Lipinski definition) is 0. The smallest absolute Gasteiger partial charge is 0.249 e. The molecule has 0 radical (unpaired) electrons. The highest BCUT2D eigenvalue weighted by atomic mass is 28.3. The number of rotatable bonds is 3. The van der Waals surface area contributed by atoms with Gasteiger partial charge in [0, 0.05) is 6.20 Å². The van der Waals surface area contributed by atoms with Crippen LogP contribution in [0.2, 0.25) is 19.6 Å². The lowest BCUT2D eigenvalue weighted by atomic mass is 10.2. The summed E-state index contributed by atoms with van der Waals surface area (Å²) in [7, 11) is -1.47.